The van der Waals surface area contributed by atoms with Crippen LogP contribution in [0.1, 0.15) is 27.9 Å². The molecule has 0 aliphatic carbocycles. The van der Waals surface area contributed by atoms with E-state index in [2.05, 4.69) is 11.8 Å². The summed E-state index contributed by atoms with van der Waals surface area (Å²) in [4.78, 5) is 21.1. The SMILES string of the molecule is NC(=O)CC#Cc1cc(C(F)(F)F)ccc1C=O. The lowest BCUT2D eigenvalue weighted by Crippen LogP contribution is -2.08. The summed E-state index contributed by atoms with van der Waals surface area (Å²) in [5, 5.41) is 0. The number of benzene rings is 1. The van der Waals surface area contributed by atoms with E-state index in [1.165, 1.54) is 0 Å². The van der Waals surface area contributed by atoms with Gasteiger partial charge in [0.05, 0.1) is 12.0 Å². The predicted octanol–water partition coefficient (Wildman–Crippen LogP) is 1.74. The van der Waals surface area contributed by atoms with Gasteiger partial charge in [-0.25, -0.2) is 0 Å². The molecule has 0 aromatic heterocycles. The first-order valence-corrected chi connectivity index (χ1v) is 4.78. The van der Waals surface area contributed by atoms with Crippen LogP contribution in [-0.2, 0) is 11.0 Å². The highest BCUT2D eigenvalue weighted by molar-refractivity contribution is 5.80. The minimum absolute atomic E-state index is 0.0278. The molecule has 1 rings (SSSR count). The van der Waals surface area contributed by atoms with E-state index in [0.29, 0.717) is 6.29 Å². The van der Waals surface area contributed by atoms with Gasteiger partial charge in [0.25, 0.3) is 0 Å². The van der Waals surface area contributed by atoms with E-state index in [4.69, 9.17) is 5.73 Å². The average molecular weight is 255 g/mol. The van der Waals surface area contributed by atoms with Crippen LogP contribution in [0.2, 0.25) is 0 Å². The normalized spacial score (nSPS) is 10.4. The van der Waals surface area contributed by atoms with Gasteiger partial charge in [0, 0.05) is 11.1 Å². The lowest BCUT2D eigenvalue weighted by atomic mass is 10.0. The number of carbonyl (C=O) groups is 2. The van der Waals surface area contributed by atoms with Gasteiger partial charge in [0.15, 0.2) is 6.29 Å². The maximum absolute atomic E-state index is 12.4. The summed E-state index contributed by atoms with van der Waals surface area (Å²) in [6.45, 7) is 0. The Morgan fingerprint density at radius 2 is 2.06 bits per heavy atom. The summed E-state index contributed by atoms with van der Waals surface area (Å²) in [5.74, 6) is 3.94. The third-order valence-electron chi connectivity index (χ3n) is 1.99. The van der Waals surface area contributed by atoms with Crippen LogP contribution in [0, 0.1) is 11.8 Å². The van der Waals surface area contributed by atoms with Crippen molar-refractivity contribution < 1.29 is 22.8 Å². The highest BCUT2D eigenvalue weighted by atomic mass is 19.4. The van der Waals surface area contributed by atoms with Gasteiger partial charge in [0.1, 0.15) is 0 Å². The van der Waals surface area contributed by atoms with Crippen molar-refractivity contribution in [1.82, 2.24) is 0 Å². The number of nitrogens with two attached hydrogens (primary N) is 1. The Hall–Kier alpha value is -2.29. The van der Waals surface area contributed by atoms with Crippen LogP contribution >= 0.6 is 0 Å². The van der Waals surface area contributed by atoms with Gasteiger partial charge in [-0.2, -0.15) is 13.2 Å². The Kier molecular flexibility index (Phi) is 4.10. The van der Waals surface area contributed by atoms with Gasteiger partial charge in [-0.1, -0.05) is 11.8 Å². The third kappa shape index (κ3) is 3.63. The largest absolute Gasteiger partial charge is 0.416 e. The lowest BCUT2D eigenvalue weighted by molar-refractivity contribution is -0.137. The number of aldehydes is 1. The number of hydrogen-bond donors (Lipinski definition) is 1. The van der Waals surface area contributed by atoms with Gasteiger partial charge < -0.3 is 5.73 Å². The second kappa shape index (κ2) is 5.36. The number of hydrogen-bond acceptors (Lipinski definition) is 2. The molecule has 0 unspecified atom stereocenters. The van der Waals surface area contributed by atoms with Crippen LogP contribution in [0.4, 0.5) is 13.2 Å². The van der Waals surface area contributed by atoms with Gasteiger partial charge >= 0.3 is 6.18 Å². The Morgan fingerprint density at radius 1 is 1.39 bits per heavy atom. The first-order chi connectivity index (χ1) is 8.34. The second-order valence-corrected chi connectivity index (χ2v) is 3.36. The highest BCUT2D eigenvalue weighted by Crippen LogP contribution is 2.30. The van der Waals surface area contributed by atoms with Crippen molar-refractivity contribution in [3.8, 4) is 11.8 Å². The van der Waals surface area contributed by atoms with Gasteiger partial charge in [0.2, 0.25) is 5.91 Å². The van der Waals surface area contributed by atoms with Gasteiger partial charge in [-0.3, -0.25) is 9.59 Å². The number of carbonyl (C=O) groups excluding carboxylic acids is 2. The Labute approximate surface area is 101 Å². The average Bonchev–Trinajstić information content (AvgIpc) is 2.27. The summed E-state index contributed by atoms with van der Waals surface area (Å²) in [6.07, 6.45) is -4.40. The van der Waals surface area contributed by atoms with Crippen LogP contribution in [0.15, 0.2) is 18.2 Å². The molecule has 0 atom stereocenters. The molecule has 0 fully saturated rings. The van der Waals surface area contributed by atoms with Crippen molar-refractivity contribution in [2.75, 3.05) is 0 Å². The van der Waals surface area contributed by atoms with Gasteiger partial charge in [-0.05, 0) is 18.2 Å². The van der Waals surface area contributed by atoms with E-state index >= 15 is 0 Å². The number of amides is 1. The first-order valence-electron chi connectivity index (χ1n) is 4.78. The zero-order chi connectivity index (χ0) is 13.8. The van der Waals surface area contributed by atoms with Crippen molar-refractivity contribution in [1.29, 1.82) is 0 Å². The molecule has 18 heavy (non-hydrogen) atoms. The highest BCUT2D eigenvalue weighted by Gasteiger charge is 2.30. The Balaban J connectivity index is 3.17. The fourth-order valence-electron chi connectivity index (χ4n) is 1.17. The van der Waals surface area contributed by atoms with E-state index in [1.54, 1.807) is 0 Å². The van der Waals surface area contributed by atoms with Crippen LogP contribution in [0.5, 0.6) is 0 Å². The molecule has 0 aliphatic rings. The first kappa shape index (κ1) is 13.8. The molecule has 1 aromatic rings. The monoisotopic (exact) mass is 255 g/mol. The van der Waals surface area contributed by atoms with E-state index in [9.17, 15) is 22.8 Å². The number of alkyl halides is 3. The second-order valence-electron chi connectivity index (χ2n) is 3.36. The van der Waals surface area contributed by atoms with Crippen LogP contribution in [0.3, 0.4) is 0 Å². The van der Waals surface area contributed by atoms with Crippen molar-refractivity contribution in [3.05, 3.63) is 34.9 Å². The standard InChI is InChI=1S/C12H8F3NO2/c13-12(14,15)10-5-4-9(7-17)8(6-10)2-1-3-11(16)18/h4-7H,3H2,(H2,16,18). The topological polar surface area (TPSA) is 60.2 Å². The van der Waals surface area contributed by atoms with Crippen LogP contribution < -0.4 is 5.73 Å². The van der Waals surface area contributed by atoms with E-state index in [0.717, 1.165) is 18.2 Å². The molecular formula is C12H8F3NO2. The summed E-state index contributed by atoms with van der Waals surface area (Å²) < 4.78 is 37.3. The molecule has 1 amide bonds. The molecule has 2 N–H and O–H groups in total. The molecule has 0 spiro atoms. The summed E-state index contributed by atoms with van der Waals surface area (Å²) in [7, 11) is 0. The molecule has 0 saturated heterocycles. The maximum atomic E-state index is 12.4. The molecule has 0 aliphatic heterocycles. The smallest absolute Gasteiger partial charge is 0.369 e. The molecule has 0 bridgehead atoms. The number of halogens is 3. The minimum Gasteiger partial charge on any atom is -0.369 e. The summed E-state index contributed by atoms with van der Waals surface area (Å²) in [5.41, 5.74) is 3.87. The van der Waals surface area contributed by atoms with Crippen molar-refractivity contribution in [2.24, 2.45) is 5.73 Å². The Bertz CT molecular complexity index is 538. The summed E-state index contributed by atoms with van der Waals surface area (Å²) >= 11 is 0. The van der Waals surface area contributed by atoms with Crippen molar-refractivity contribution in [3.63, 3.8) is 0 Å². The van der Waals surface area contributed by atoms with Crippen LogP contribution in [0.25, 0.3) is 0 Å². The fraction of sp³-hybridized carbons (Fsp3) is 0.167. The fourth-order valence-corrected chi connectivity index (χ4v) is 1.17. The van der Waals surface area contributed by atoms with Gasteiger partial charge in [-0.15, -0.1) is 0 Å². The van der Waals surface area contributed by atoms with E-state index in [-0.39, 0.29) is 17.5 Å². The molecule has 6 heteroatoms. The zero-order valence-electron chi connectivity index (χ0n) is 9.04. The summed E-state index contributed by atoms with van der Waals surface area (Å²) in [6, 6.07) is 2.59. The van der Waals surface area contributed by atoms with Crippen LogP contribution in [-0.4, -0.2) is 12.2 Å². The third-order valence-corrected chi connectivity index (χ3v) is 1.99. The quantitative estimate of drug-likeness (QED) is 0.646. The molecular weight excluding hydrogens is 247 g/mol. The van der Waals surface area contributed by atoms with E-state index < -0.39 is 17.6 Å². The van der Waals surface area contributed by atoms with E-state index in [1.807, 2.05) is 0 Å². The molecule has 94 valence electrons. The lowest BCUT2D eigenvalue weighted by Gasteiger charge is -2.07. The molecule has 3 nitrogen and oxygen atoms in total. The molecule has 0 saturated carbocycles. The number of rotatable bonds is 2. The van der Waals surface area contributed by atoms with Crippen molar-refractivity contribution in [2.45, 2.75) is 12.6 Å². The maximum Gasteiger partial charge on any atom is 0.416 e. The predicted molar refractivity (Wildman–Crippen MR) is 57.5 cm³/mol. The number of primary amides is 1. The molecule has 1 aromatic carbocycles. The zero-order valence-corrected chi connectivity index (χ0v) is 9.04. The molecule has 0 heterocycles. The molecule has 0 radical (unpaired) electrons. The Morgan fingerprint density at radius 3 is 2.56 bits per heavy atom. The minimum atomic E-state index is -4.51. The van der Waals surface area contributed by atoms with Crippen molar-refractivity contribution >= 4 is 12.2 Å².